The molecule has 0 spiro atoms. The Morgan fingerprint density at radius 1 is 1.21 bits per heavy atom. The van der Waals surface area contributed by atoms with E-state index in [9.17, 15) is 4.79 Å². The van der Waals surface area contributed by atoms with E-state index in [0.717, 1.165) is 30.4 Å². The van der Waals surface area contributed by atoms with Crippen LogP contribution in [0.15, 0.2) is 65.8 Å². The number of hydrogen-bond acceptors (Lipinski definition) is 5. The molecule has 1 fully saturated rings. The van der Waals surface area contributed by atoms with Crippen molar-refractivity contribution in [2.75, 3.05) is 18.8 Å². The summed E-state index contributed by atoms with van der Waals surface area (Å²) in [5.41, 5.74) is 15.6. The van der Waals surface area contributed by atoms with Gasteiger partial charge in [-0.3, -0.25) is 10.2 Å². The first-order valence-electron chi connectivity index (χ1n) is 11.4. The summed E-state index contributed by atoms with van der Waals surface area (Å²) in [6, 6.07) is 15.1. The average molecular weight is 481 g/mol. The molecule has 1 aliphatic rings. The summed E-state index contributed by atoms with van der Waals surface area (Å²) in [6.07, 6.45) is 3.25. The largest absolute Gasteiger partial charge is 0.399 e. The van der Waals surface area contributed by atoms with Crippen LogP contribution in [0.3, 0.4) is 0 Å². The Morgan fingerprint density at radius 3 is 2.47 bits per heavy atom. The molecule has 0 aromatic heterocycles. The topological polar surface area (TPSA) is 120 Å². The highest BCUT2D eigenvalue weighted by atomic mass is 35.5. The highest BCUT2D eigenvalue weighted by Gasteiger charge is 2.26. The SMILES string of the molecule is C=C(NC1CCC1)C(=O)N(CCNCc1ccc(C(=N)N)cc1)/C(=C(\C)Cl)c1cccc(N)c1. The number of carbonyl (C=O) groups excluding carboxylic acids is 1. The molecular weight excluding hydrogens is 448 g/mol. The Labute approximate surface area is 206 Å². The highest BCUT2D eigenvalue weighted by molar-refractivity contribution is 6.32. The zero-order chi connectivity index (χ0) is 24.7. The minimum atomic E-state index is -0.211. The van der Waals surface area contributed by atoms with Crippen molar-refractivity contribution in [1.29, 1.82) is 5.41 Å². The maximum absolute atomic E-state index is 13.5. The Kier molecular flexibility index (Phi) is 8.73. The summed E-state index contributed by atoms with van der Waals surface area (Å²) < 4.78 is 0. The van der Waals surface area contributed by atoms with Gasteiger partial charge in [0.1, 0.15) is 5.84 Å². The number of nitrogens with one attached hydrogen (secondary N) is 3. The van der Waals surface area contributed by atoms with Crippen LogP contribution in [0.5, 0.6) is 0 Å². The zero-order valence-corrected chi connectivity index (χ0v) is 20.3. The number of hydrogen-bond donors (Lipinski definition) is 5. The molecule has 7 nitrogen and oxygen atoms in total. The van der Waals surface area contributed by atoms with E-state index in [2.05, 4.69) is 17.2 Å². The Bertz CT molecular complexity index is 1070. The van der Waals surface area contributed by atoms with Crippen molar-refractivity contribution >= 4 is 34.7 Å². The highest BCUT2D eigenvalue weighted by Crippen LogP contribution is 2.28. The van der Waals surface area contributed by atoms with Gasteiger partial charge in [0.25, 0.3) is 5.91 Å². The number of rotatable bonds is 11. The fraction of sp³-hybridized carbons (Fsp3) is 0.308. The van der Waals surface area contributed by atoms with E-state index in [1.807, 2.05) is 42.5 Å². The summed E-state index contributed by atoms with van der Waals surface area (Å²) in [5, 5.41) is 14.6. The number of nitrogens with zero attached hydrogens (tertiary/aromatic N) is 1. The van der Waals surface area contributed by atoms with Crippen LogP contribution in [-0.2, 0) is 11.3 Å². The number of amides is 1. The van der Waals surface area contributed by atoms with E-state index < -0.39 is 0 Å². The van der Waals surface area contributed by atoms with Crippen molar-refractivity contribution in [3.63, 3.8) is 0 Å². The lowest BCUT2D eigenvalue weighted by atomic mass is 9.93. The van der Waals surface area contributed by atoms with Crippen LogP contribution >= 0.6 is 11.6 Å². The summed E-state index contributed by atoms with van der Waals surface area (Å²) in [7, 11) is 0. The maximum atomic E-state index is 13.5. The summed E-state index contributed by atoms with van der Waals surface area (Å²) in [4.78, 5) is 15.1. The minimum absolute atomic E-state index is 0.0433. The first-order chi connectivity index (χ1) is 16.3. The van der Waals surface area contributed by atoms with Crippen LogP contribution < -0.4 is 22.1 Å². The molecule has 34 heavy (non-hydrogen) atoms. The quantitative estimate of drug-likeness (QED) is 0.110. The van der Waals surface area contributed by atoms with Gasteiger partial charge in [-0.1, -0.05) is 54.6 Å². The van der Waals surface area contributed by atoms with E-state index in [1.165, 1.54) is 0 Å². The molecule has 0 bridgehead atoms. The van der Waals surface area contributed by atoms with E-state index in [-0.39, 0.29) is 11.7 Å². The molecule has 1 aliphatic carbocycles. The molecule has 2 aromatic carbocycles. The molecule has 0 unspecified atom stereocenters. The Hall–Kier alpha value is -3.29. The molecular formula is C26H33ClN6O. The first-order valence-corrected chi connectivity index (χ1v) is 11.8. The third kappa shape index (κ3) is 6.62. The molecule has 1 amide bonds. The molecule has 0 heterocycles. The average Bonchev–Trinajstić information content (AvgIpc) is 2.77. The lowest BCUT2D eigenvalue weighted by Gasteiger charge is -2.32. The van der Waals surface area contributed by atoms with Gasteiger partial charge in [-0.15, -0.1) is 0 Å². The summed E-state index contributed by atoms with van der Waals surface area (Å²) in [5.74, 6) is -0.168. The standard InChI is InChI=1S/C26H33ClN6O/c1-17(27)24(21-5-3-6-22(28)15-21)33(26(34)18(2)32-23-7-4-8-23)14-13-31-16-19-9-11-20(12-10-19)25(29)30/h3,5-6,9-12,15,23,31-32H,2,4,7-8,13-14,16,28H2,1H3,(H3,29,30)/b24-17+. The van der Waals surface area contributed by atoms with Gasteiger partial charge >= 0.3 is 0 Å². The lowest BCUT2D eigenvalue weighted by Crippen LogP contribution is -2.43. The van der Waals surface area contributed by atoms with Crippen molar-refractivity contribution in [2.45, 2.75) is 38.8 Å². The number of benzene rings is 2. The molecule has 0 radical (unpaired) electrons. The smallest absolute Gasteiger partial charge is 0.273 e. The van der Waals surface area contributed by atoms with Crippen molar-refractivity contribution in [1.82, 2.24) is 15.5 Å². The van der Waals surface area contributed by atoms with Crippen molar-refractivity contribution in [3.05, 3.63) is 82.5 Å². The van der Waals surface area contributed by atoms with Crippen LogP contribution in [0.2, 0.25) is 0 Å². The van der Waals surface area contributed by atoms with Crippen molar-refractivity contribution in [3.8, 4) is 0 Å². The Balaban J connectivity index is 1.73. The summed E-state index contributed by atoms with van der Waals surface area (Å²) >= 11 is 6.51. The zero-order valence-electron chi connectivity index (χ0n) is 19.5. The normalized spacial score (nSPS) is 14.1. The molecule has 3 rings (SSSR count). The van der Waals surface area contributed by atoms with Gasteiger partial charge in [0.05, 0.1) is 11.4 Å². The van der Waals surface area contributed by atoms with Gasteiger partial charge in [0.15, 0.2) is 0 Å². The fourth-order valence-electron chi connectivity index (χ4n) is 3.79. The van der Waals surface area contributed by atoms with Crippen LogP contribution in [0.1, 0.15) is 42.9 Å². The van der Waals surface area contributed by atoms with E-state index in [1.54, 1.807) is 17.9 Å². The maximum Gasteiger partial charge on any atom is 0.273 e. The number of allylic oxidation sites excluding steroid dienone is 1. The van der Waals surface area contributed by atoms with Crippen LogP contribution in [-0.4, -0.2) is 35.8 Å². The van der Waals surface area contributed by atoms with Gasteiger partial charge in [-0.2, -0.15) is 0 Å². The van der Waals surface area contributed by atoms with Crippen LogP contribution in [0.25, 0.3) is 5.70 Å². The second kappa shape index (κ2) is 11.7. The number of amidine groups is 1. The predicted octanol–water partition coefficient (Wildman–Crippen LogP) is 3.75. The number of halogens is 1. The molecule has 2 aromatic rings. The van der Waals surface area contributed by atoms with Crippen molar-refractivity contribution < 1.29 is 4.79 Å². The monoisotopic (exact) mass is 480 g/mol. The second-order valence-corrected chi connectivity index (χ2v) is 9.07. The molecule has 1 saturated carbocycles. The van der Waals surface area contributed by atoms with Gasteiger partial charge in [0, 0.05) is 47.5 Å². The second-order valence-electron chi connectivity index (χ2n) is 8.50. The van der Waals surface area contributed by atoms with Gasteiger partial charge in [0.2, 0.25) is 0 Å². The third-order valence-corrected chi connectivity index (χ3v) is 6.03. The molecule has 180 valence electrons. The van der Waals surface area contributed by atoms with E-state index in [0.29, 0.717) is 53.4 Å². The summed E-state index contributed by atoms with van der Waals surface area (Å²) in [6.45, 7) is 7.32. The minimum Gasteiger partial charge on any atom is -0.399 e. The number of nitrogen functional groups attached to an aromatic ring is 2. The molecule has 8 heteroatoms. The molecule has 0 saturated heterocycles. The van der Waals surface area contributed by atoms with Crippen molar-refractivity contribution in [2.24, 2.45) is 5.73 Å². The lowest BCUT2D eigenvalue weighted by molar-refractivity contribution is -0.124. The van der Waals surface area contributed by atoms with Crippen LogP contribution in [0.4, 0.5) is 5.69 Å². The predicted molar refractivity (Wildman–Crippen MR) is 140 cm³/mol. The molecule has 7 N–H and O–H groups in total. The number of anilines is 1. The molecule has 0 atom stereocenters. The first kappa shape index (κ1) is 25.3. The fourth-order valence-corrected chi connectivity index (χ4v) is 4.00. The number of carbonyl (C=O) groups is 1. The van der Waals surface area contributed by atoms with Gasteiger partial charge in [-0.25, -0.2) is 0 Å². The van der Waals surface area contributed by atoms with E-state index in [4.69, 9.17) is 28.5 Å². The Morgan fingerprint density at radius 2 is 1.91 bits per heavy atom. The van der Waals surface area contributed by atoms with Crippen LogP contribution in [0, 0.1) is 5.41 Å². The van der Waals surface area contributed by atoms with Gasteiger partial charge < -0.3 is 27.0 Å². The number of nitrogens with two attached hydrogens (primary N) is 2. The molecule has 0 aliphatic heterocycles. The third-order valence-electron chi connectivity index (χ3n) is 5.85. The van der Waals surface area contributed by atoms with E-state index >= 15 is 0 Å². The van der Waals surface area contributed by atoms with Gasteiger partial charge in [-0.05, 0) is 43.9 Å².